The van der Waals surface area contributed by atoms with Crippen molar-refractivity contribution in [2.45, 2.75) is 33.2 Å². The Morgan fingerprint density at radius 3 is 2.04 bits per heavy atom. The van der Waals surface area contributed by atoms with Crippen LogP contribution in [0.3, 0.4) is 0 Å². The third-order valence-electron chi connectivity index (χ3n) is 4.42. The minimum Gasteiger partial charge on any atom is -0.340 e. The number of aromatic nitrogens is 1. The average Bonchev–Trinajstić information content (AvgIpc) is 2.83. The van der Waals surface area contributed by atoms with E-state index < -0.39 is 0 Å². The predicted molar refractivity (Wildman–Crippen MR) is 106 cm³/mol. The number of aryl methyl sites for hydroxylation is 1. The molecular weight excluding hydrogens is 339 g/mol. The van der Waals surface area contributed by atoms with Crippen molar-refractivity contribution in [1.29, 1.82) is 0 Å². The molecular formula is C20H24Cl2N2. The van der Waals surface area contributed by atoms with Gasteiger partial charge in [-0.2, -0.15) is 0 Å². The van der Waals surface area contributed by atoms with Crippen LogP contribution < -0.4 is 5.32 Å². The summed E-state index contributed by atoms with van der Waals surface area (Å²) in [5.74, 6) is 0.754. The van der Waals surface area contributed by atoms with Gasteiger partial charge in [-0.25, -0.2) is 0 Å². The molecule has 3 aromatic rings. The lowest BCUT2D eigenvalue weighted by Crippen LogP contribution is -2.19. The molecule has 1 aromatic heterocycles. The molecule has 1 heterocycles. The fourth-order valence-electron chi connectivity index (χ4n) is 3.17. The van der Waals surface area contributed by atoms with Gasteiger partial charge in [-0.05, 0) is 68.2 Å². The van der Waals surface area contributed by atoms with Gasteiger partial charge >= 0.3 is 0 Å². The molecule has 0 aliphatic rings. The molecule has 0 radical (unpaired) electrons. The molecule has 0 bridgehead atoms. The van der Waals surface area contributed by atoms with Crippen LogP contribution in [0.1, 0.15) is 26.7 Å². The maximum absolute atomic E-state index is 6.20. The average molecular weight is 363 g/mol. The molecule has 2 nitrogen and oxygen atoms in total. The van der Waals surface area contributed by atoms with Crippen LogP contribution in [-0.2, 0) is 6.54 Å². The summed E-state index contributed by atoms with van der Waals surface area (Å²) < 4.78 is 2.38. The van der Waals surface area contributed by atoms with Gasteiger partial charge in [-0.1, -0.05) is 37.0 Å². The lowest BCUT2D eigenvalue weighted by molar-refractivity contribution is 0.522. The van der Waals surface area contributed by atoms with E-state index in [-0.39, 0.29) is 0 Å². The summed E-state index contributed by atoms with van der Waals surface area (Å²) >= 11 is 12.4. The Bertz CT molecular complexity index is 777. The van der Waals surface area contributed by atoms with Crippen molar-refractivity contribution in [3.8, 4) is 0 Å². The SMILES string of the molecule is CC(C)CCNCCCn1c2ccc(Cl)cc2c2cc(Cl)ccc21. The van der Waals surface area contributed by atoms with Gasteiger partial charge in [-0.3, -0.25) is 0 Å². The normalized spacial score (nSPS) is 11.9. The number of nitrogens with zero attached hydrogens (tertiary/aromatic N) is 1. The molecule has 3 rings (SSSR count). The predicted octanol–water partition coefficient (Wildman–Crippen LogP) is 6.13. The minimum absolute atomic E-state index is 0.754. The van der Waals surface area contributed by atoms with E-state index in [9.17, 15) is 0 Å². The van der Waals surface area contributed by atoms with Crippen LogP contribution in [0.2, 0.25) is 10.0 Å². The molecule has 0 saturated heterocycles. The molecule has 0 atom stereocenters. The third kappa shape index (κ3) is 3.88. The molecule has 0 aliphatic heterocycles. The number of benzene rings is 2. The highest BCUT2D eigenvalue weighted by Crippen LogP contribution is 2.32. The number of rotatable bonds is 7. The molecule has 0 saturated carbocycles. The molecule has 1 N–H and O–H groups in total. The molecule has 2 aromatic carbocycles. The van der Waals surface area contributed by atoms with E-state index in [2.05, 4.69) is 35.9 Å². The summed E-state index contributed by atoms with van der Waals surface area (Å²) in [6.45, 7) is 7.63. The molecule has 4 heteroatoms. The van der Waals surface area contributed by atoms with Crippen molar-refractivity contribution >= 4 is 45.0 Å². The Morgan fingerprint density at radius 2 is 1.50 bits per heavy atom. The Labute approximate surface area is 153 Å². The highest BCUT2D eigenvalue weighted by atomic mass is 35.5. The lowest BCUT2D eigenvalue weighted by atomic mass is 10.1. The quantitative estimate of drug-likeness (QED) is 0.500. The molecule has 0 aliphatic carbocycles. The summed E-state index contributed by atoms with van der Waals surface area (Å²) in [5, 5.41) is 7.41. The highest BCUT2D eigenvalue weighted by Gasteiger charge is 2.11. The van der Waals surface area contributed by atoms with Crippen molar-refractivity contribution in [1.82, 2.24) is 9.88 Å². The largest absolute Gasteiger partial charge is 0.340 e. The van der Waals surface area contributed by atoms with Gasteiger partial charge in [0, 0.05) is 38.4 Å². The Hall–Kier alpha value is -1.22. The van der Waals surface area contributed by atoms with Gasteiger partial charge in [0.25, 0.3) is 0 Å². The van der Waals surface area contributed by atoms with Gasteiger partial charge in [0.2, 0.25) is 0 Å². The van der Waals surface area contributed by atoms with E-state index >= 15 is 0 Å². The smallest absolute Gasteiger partial charge is 0.0492 e. The Morgan fingerprint density at radius 1 is 0.917 bits per heavy atom. The third-order valence-corrected chi connectivity index (χ3v) is 4.89. The van der Waals surface area contributed by atoms with Crippen LogP contribution >= 0.6 is 23.2 Å². The zero-order valence-corrected chi connectivity index (χ0v) is 15.8. The maximum atomic E-state index is 6.20. The molecule has 24 heavy (non-hydrogen) atoms. The molecule has 0 spiro atoms. The second-order valence-corrected chi connectivity index (χ2v) is 7.63. The molecule has 0 fully saturated rings. The second-order valence-electron chi connectivity index (χ2n) is 6.76. The number of hydrogen-bond donors (Lipinski definition) is 1. The van der Waals surface area contributed by atoms with E-state index in [1.54, 1.807) is 0 Å². The van der Waals surface area contributed by atoms with Crippen molar-refractivity contribution in [3.05, 3.63) is 46.4 Å². The fourth-order valence-corrected chi connectivity index (χ4v) is 3.51. The first-order chi connectivity index (χ1) is 11.6. The monoisotopic (exact) mass is 362 g/mol. The Balaban J connectivity index is 1.81. The van der Waals surface area contributed by atoms with Gasteiger partial charge in [-0.15, -0.1) is 0 Å². The van der Waals surface area contributed by atoms with Crippen LogP contribution in [0.4, 0.5) is 0 Å². The van der Waals surface area contributed by atoms with E-state index in [1.807, 2.05) is 24.3 Å². The first-order valence-corrected chi connectivity index (χ1v) is 9.39. The topological polar surface area (TPSA) is 17.0 Å². The second kappa shape index (κ2) is 7.77. The number of fused-ring (bicyclic) bond motifs is 3. The highest BCUT2D eigenvalue weighted by molar-refractivity contribution is 6.33. The summed E-state index contributed by atoms with van der Waals surface area (Å²) in [6.07, 6.45) is 2.33. The Kier molecular flexibility index (Phi) is 5.70. The summed E-state index contributed by atoms with van der Waals surface area (Å²) in [6, 6.07) is 12.2. The maximum Gasteiger partial charge on any atom is 0.0492 e. The summed E-state index contributed by atoms with van der Waals surface area (Å²) in [5.41, 5.74) is 2.44. The van der Waals surface area contributed by atoms with Crippen LogP contribution in [-0.4, -0.2) is 17.7 Å². The number of hydrogen-bond acceptors (Lipinski definition) is 1. The van der Waals surface area contributed by atoms with E-state index in [0.29, 0.717) is 0 Å². The van der Waals surface area contributed by atoms with Crippen molar-refractivity contribution in [3.63, 3.8) is 0 Å². The zero-order valence-electron chi connectivity index (χ0n) is 14.3. The number of halogens is 2. The minimum atomic E-state index is 0.754. The van der Waals surface area contributed by atoms with Crippen molar-refractivity contribution in [2.24, 2.45) is 5.92 Å². The zero-order chi connectivity index (χ0) is 17.1. The van der Waals surface area contributed by atoms with Crippen molar-refractivity contribution in [2.75, 3.05) is 13.1 Å². The first kappa shape index (κ1) is 17.6. The van der Waals surface area contributed by atoms with Crippen LogP contribution in [0.5, 0.6) is 0 Å². The van der Waals surface area contributed by atoms with Gasteiger partial charge < -0.3 is 9.88 Å². The lowest BCUT2D eigenvalue weighted by Gasteiger charge is -2.09. The first-order valence-electron chi connectivity index (χ1n) is 8.64. The fraction of sp³-hybridized carbons (Fsp3) is 0.400. The van der Waals surface area contributed by atoms with Crippen LogP contribution in [0.25, 0.3) is 21.8 Å². The summed E-state index contributed by atoms with van der Waals surface area (Å²) in [7, 11) is 0. The number of nitrogens with one attached hydrogen (secondary N) is 1. The van der Waals surface area contributed by atoms with Crippen LogP contribution in [0.15, 0.2) is 36.4 Å². The van der Waals surface area contributed by atoms with Gasteiger partial charge in [0.15, 0.2) is 0 Å². The standard InChI is InChI=1S/C20H24Cl2N2/c1-14(2)8-10-23-9-3-11-24-19-6-4-15(21)12-17(19)18-13-16(22)5-7-20(18)24/h4-7,12-14,23H,3,8-11H2,1-2H3. The van der Waals surface area contributed by atoms with E-state index in [1.165, 1.54) is 28.2 Å². The summed E-state index contributed by atoms with van der Waals surface area (Å²) in [4.78, 5) is 0. The van der Waals surface area contributed by atoms with Crippen molar-refractivity contribution < 1.29 is 0 Å². The van der Waals surface area contributed by atoms with E-state index in [0.717, 1.165) is 42.0 Å². The van der Waals surface area contributed by atoms with Crippen LogP contribution in [0, 0.1) is 5.92 Å². The van der Waals surface area contributed by atoms with E-state index in [4.69, 9.17) is 23.2 Å². The molecule has 0 amide bonds. The van der Waals surface area contributed by atoms with Gasteiger partial charge in [0.05, 0.1) is 0 Å². The van der Waals surface area contributed by atoms with Gasteiger partial charge in [0.1, 0.15) is 0 Å². The molecule has 0 unspecified atom stereocenters. The molecule has 128 valence electrons.